The maximum absolute atomic E-state index is 11.8. The molecule has 2 aromatic carbocycles. The number of benzene rings is 2. The lowest BCUT2D eigenvalue weighted by atomic mass is 9.90. The van der Waals surface area contributed by atoms with Crippen molar-refractivity contribution in [2.45, 2.75) is 12.0 Å². The lowest BCUT2D eigenvalue weighted by molar-refractivity contribution is -0.142. The average Bonchev–Trinajstić information content (AvgIpc) is 2.54. The maximum atomic E-state index is 11.8. The van der Waals surface area contributed by atoms with Gasteiger partial charge in [0.15, 0.2) is 0 Å². The Bertz CT molecular complexity index is 720. The van der Waals surface area contributed by atoms with Gasteiger partial charge < -0.3 is 4.74 Å². The second-order valence-electron chi connectivity index (χ2n) is 4.54. The Morgan fingerprint density at radius 3 is 2.67 bits per heavy atom. The van der Waals surface area contributed by atoms with Gasteiger partial charge in [-0.3, -0.25) is 4.79 Å². The van der Waals surface area contributed by atoms with Crippen molar-refractivity contribution in [1.29, 1.82) is 0 Å². The largest absolute Gasteiger partial charge is 0.469 e. The summed E-state index contributed by atoms with van der Waals surface area (Å²) in [7, 11) is 1.27. The van der Waals surface area contributed by atoms with Crippen molar-refractivity contribution in [1.82, 2.24) is 0 Å². The molecule has 2 atom stereocenters. The third kappa shape index (κ3) is 3.04. The van der Waals surface area contributed by atoms with Crippen LogP contribution in [0.3, 0.4) is 0 Å². The first-order chi connectivity index (χ1) is 10.2. The van der Waals surface area contributed by atoms with Crippen molar-refractivity contribution in [3.05, 3.63) is 71.1 Å². The summed E-state index contributed by atoms with van der Waals surface area (Å²) in [5, 5.41) is 5.70. The Labute approximate surface area is 122 Å². The Morgan fingerprint density at radius 2 is 2.05 bits per heavy atom. The van der Waals surface area contributed by atoms with Gasteiger partial charge in [-0.2, -0.15) is 0 Å². The van der Waals surface area contributed by atoms with Crippen LogP contribution in [-0.2, 0) is 9.53 Å². The van der Waals surface area contributed by atoms with Crippen LogP contribution in [0.4, 0.5) is 0 Å². The van der Waals surface area contributed by atoms with Crippen molar-refractivity contribution in [3.8, 4) is 0 Å². The van der Waals surface area contributed by atoms with Gasteiger partial charge in [-0.25, -0.2) is 0 Å². The van der Waals surface area contributed by atoms with Crippen LogP contribution in [0, 0.1) is 0 Å². The molecule has 5 nitrogen and oxygen atoms in total. The van der Waals surface area contributed by atoms with E-state index < -0.39 is 17.9 Å². The highest BCUT2D eigenvalue weighted by Gasteiger charge is 2.27. The van der Waals surface area contributed by atoms with Gasteiger partial charge in [0.1, 0.15) is 6.04 Å². The normalized spacial score (nSPS) is 13.0. The van der Waals surface area contributed by atoms with Crippen LogP contribution in [0.25, 0.3) is 21.2 Å². The third-order valence-corrected chi connectivity index (χ3v) is 3.37. The zero-order chi connectivity index (χ0) is 15.2. The molecule has 0 aliphatic heterocycles. The van der Waals surface area contributed by atoms with Crippen molar-refractivity contribution >= 4 is 16.7 Å². The van der Waals surface area contributed by atoms with E-state index in [9.17, 15) is 4.79 Å². The molecule has 0 aliphatic carbocycles. The number of hydrogen-bond acceptors (Lipinski definition) is 3. The lowest BCUT2D eigenvalue weighted by Crippen LogP contribution is -2.26. The summed E-state index contributed by atoms with van der Waals surface area (Å²) in [6, 6.07) is 12.8. The summed E-state index contributed by atoms with van der Waals surface area (Å²) < 4.78 is 4.71. The second-order valence-corrected chi connectivity index (χ2v) is 4.54. The zero-order valence-electron chi connectivity index (χ0n) is 11.6. The number of carbonyl (C=O) groups is 1. The van der Waals surface area contributed by atoms with Crippen LogP contribution < -0.4 is 0 Å². The Morgan fingerprint density at radius 1 is 1.33 bits per heavy atom. The predicted octanol–water partition coefficient (Wildman–Crippen LogP) is 3.96. The van der Waals surface area contributed by atoms with Gasteiger partial charge in [0, 0.05) is 10.8 Å². The summed E-state index contributed by atoms with van der Waals surface area (Å²) >= 11 is 0. The molecule has 5 heteroatoms. The fourth-order valence-electron chi connectivity index (χ4n) is 2.30. The number of azide groups is 1. The van der Waals surface area contributed by atoms with Crippen molar-refractivity contribution in [2.24, 2.45) is 5.11 Å². The summed E-state index contributed by atoms with van der Waals surface area (Å²) in [5.74, 6) is -1.01. The highest BCUT2D eigenvalue weighted by Crippen LogP contribution is 2.27. The summed E-state index contributed by atoms with van der Waals surface area (Å²) in [6.45, 7) is 3.75. The molecule has 0 amide bonds. The van der Waals surface area contributed by atoms with E-state index in [0.717, 1.165) is 16.3 Å². The minimum absolute atomic E-state index is 0.432. The molecule has 2 unspecified atom stereocenters. The van der Waals surface area contributed by atoms with Gasteiger partial charge in [-0.1, -0.05) is 53.7 Å². The SMILES string of the molecule is C=CC(c1ccc2ccccc2c1)C(N=[N+]=[N-])C(=O)OC. The second kappa shape index (κ2) is 6.59. The molecule has 0 saturated carbocycles. The molecule has 0 aliphatic rings. The number of methoxy groups -OCH3 is 1. The number of ether oxygens (including phenoxy) is 1. The molecule has 21 heavy (non-hydrogen) atoms. The fourth-order valence-corrected chi connectivity index (χ4v) is 2.30. The molecule has 0 N–H and O–H groups in total. The van der Waals surface area contributed by atoms with Gasteiger partial charge >= 0.3 is 5.97 Å². The summed E-state index contributed by atoms with van der Waals surface area (Å²) in [5.41, 5.74) is 9.51. The molecular weight excluding hydrogens is 266 g/mol. The molecule has 0 saturated heterocycles. The molecule has 106 valence electrons. The molecule has 0 bridgehead atoms. The van der Waals surface area contributed by atoms with E-state index in [4.69, 9.17) is 10.3 Å². The molecule has 2 aromatic rings. The topological polar surface area (TPSA) is 75.1 Å². The first-order valence-corrected chi connectivity index (χ1v) is 6.44. The van der Waals surface area contributed by atoms with Crippen molar-refractivity contribution in [2.75, 3.05) is 7.11 Å². The molecule has 0 fully saturated rings. The van der Waals surface area contributed by atoms with Gasteiger partial charge in [0.2, 0.25) is 0 Å². The third-order valence-electron chi connectivity index (χ3n) is 3.37. The van der Waals surface area contributed by atoms with E-state index >= 15 is 0 Å². The maximum Gasteiger partial charge on any atom is 0.315 e. The first kappa shape index (κ1) is 14.6. The van der Waals surface area contributed by atoms with Crippen LogP contribution in [-0.4, -0.2) is 19.1 Å². The predicted molar refractivity (Wildman–Crippen MR) is 81.8 cm³/mol. The smallest absolute Gasteiger partial charge is 0.315 e. The quantitative estimate of drug-likeness (QED) is 0.273. The van der Waals surface area contributed by atoms with Crippen LogP contribution >= 0.6 is 0 Å². The van der Waals surface area contributed by atoms with E-state index in [-0.39, 0.29) is 0 Å². The first-order valence-electron chi connectivity index (χ1n) is 6.44. The number of fused-ring (bicyclic) bond motifs is 1. The van der Waals surface area contributed by atoms with Gasteiger partial charge in [-0.05, 0) is 21.9 Å². The van der Waals surface area contributed by atoms with E-state index in [0.29, 0.717) is 0 Å². The van der Waals surface area contributed by atoms with Crippen molar-refractivity contribution < 1.29 is 9.53 Å². The van der Waals surface area contributed by atoms with E-state index in [1.807, 2.05) is 42.5 Å². The van der Waals surface area contributed by atoms with Crippen LogP contribution in [0.5, 0.6) is 0 Å². The Hall–Kier alpha value is -2.78. The van der Waals surface area contributed by atoms with Crippen LogP contribution in [0.2, 0.25) is 0 Å². The van der Waals surface area contributed by atoms with Crippen LogP contribution in [0.1, 0.15) is 11.5 Å². The highest BCUT2D eigenvalue weighted by atomic mass is 16.5. The molecule has 0 radical (unpaired) electrons. The van der Waals surface area contributed by atoms with E-state index in [2.05, 4.69) is 16.6 Å². The number of esters is 1. The van der Waals surface area contributed by atoms with Crippen LogP contribution in [0.15, 0.2) is 60.2 Å². The number of hydrogen-bond donors (Lipinski definition) is 0. The lowest BCUT2D eigenvalue weighted by Gasteiger charge is -2.19. The van der Waals surface area contributed by atoms with Gasteiger partial charge in [0.25, 0.3) is 0 Å². The van der Waals surface area contributed by atoms with Gasteiger partial charge in [0.05, 0.1) is 7.11 Å². The number of nitrogens with zero attached hydrogens (tertiary/aromatic N) is 3. The van der Waals surface area contributed by atoms with E-state index in [1.165, 1.54) is 7.11 Å². The molecular formula is C16H15N3O2. The van der Waals surface area contributed by atoms with Gasteiger partial charge in [-0.15, -0.1) is 6.58 Å². The minimum Gasteiger partial charge on any atom is -0.469 e. The number of carbonyl (C=O) groups excluding carboxylic acids is 1. The average molecular weight is 281 g/mol. The molecule has 0 aromatic heterocycles. The Kier molecular flexibility index (Phi) is 4.59. The zero-order valence-corrected chi connectivity index (χ0v) is 11.6. The summed E-state index contributed by atoms with van der Waals surface area (Å²) in [6.07, 6.45) is 1.60. The molecule has 2 rings (SSSR count). The highest BCUT2D eigenvalue weighted by molar-refractivity contribution is 5.84. The molecule has 0 heterocycles. The standard InChI is InChI=1S/C16H15N3O2/c1-3-14(15(18-19-17)16(20)21-2)13-9-8-11-6-4-5-7-12(11)10-13/h3-10,14-15H,1H2,2H3. The summed E-state index contributed by atoms with van der Waals surface area (Å²) in [4.78, 5) is 14.5. The van der Waals surface area contributed by atoms with E-state index in [1.54, 1.807) is 6.08 Å². The number of rotatable bonds is 5. The molecule has 0 spiro atoms. The Balaban J connectivity index is 2.48. The van der Waals surface area contributed by atoms with Crippen molar-refractivity contribution in [3.63, 3.8) is 0 Å². The minimum atomic E-state index is -0.960. The fraction of sp³-hybridized carbons (Fsp3) is 0.188. The monoisotopic (exact) mass is 281 g/mol.